The van der Waals surface area contributed by atoms with Crippen LogP contribution >= 0.6 is 0 Å². The molecule has 0 N–H and O–H groups in total. The maximum atomic E-state index is 12.7. The molecule has 0 aliphatic carbocycles. The fourth-order valence-electron chi connectivity index (χ4n) is 2.29. The number of rotatable bonds is 6. The smallest absolute Gasteiger partial charge is 0.243 e. The molecule has 23 heavy (non-hydrogen) atoms. The summed E-state index contributed by atoms with van der Waals surface area (Å²) in [6.07, 6.45) is 0. The lowest BCUT2D eigenvalue weighted by Crippen LogP contribution is -2.26. The molecule has 2 aromatic carbocycles. The first kappa shape index (κ1) is 17.3. The van der Waals surface area contributed by atoms with E-state index in [2.05, 4.69) is 0 Å². The Labute approximate surface area is 137 Å². The monoisotopic (exact) mass is 335 g/mol. The SMILES string of the molecule is COc1cccc(CN(C)S(=O)(=O)c2ccc(C)cc2)c1OC. The van der Waals surface area contributed by atoms with Crippen LogP contribution in [0.3, 0.4) is 0 Å². The van der Waals surface area contributed by atoms with Gasteiger partial charge in [0.25, 0.3) is 0 Å². The molecule has 0 fully saturated rings. The molecule has 6 heteroatoms. The summed E-state index contributed by atoms with van der Waals surface area (Å²) in [6, 6.07) is 12.2. The van der Waals surface area contributed by atoms with Crippen LogP contribution in [0.15, 0.2) is 47.4 Å². The van der Waals surface area contributed by atoms with Crippen LogP contribution in [0.1, 0.15) is 11.1 Å². The third-order valence-electron chi connectivity index (χ3n) is 3.61. The third-order valence-corrected chi connectivity index (χ3v) is 5.42. The minimum absolute atomic E-state index is 0.191. The van der Waals surface area contributed by atoms with Crippen LogP contribution in [-0.2, 0) is 16.6 Å². The van der Waals surface area contributed by atoms with E-state index >= 15 is 0 Å². The molecule has 0 spiro atoms. The second-order valence-electron chi connectivity index (χ2n) is 5.23. The van der Waals surface area contributed by atoms with E-state index in [0.29, 0.717) is 11.5 Å². The van der Waals surface area contributed by atoms with Crippen LogP contribution < -0.4 is 9.47 Å². The molecule has 0 unspecified atom stereocenters. The molecule has 0 aliphatic rings. The van der Waals surface area contributed by atoms with E-state index in [4.69, 9.17) is 9.47 Å². The topological polar surface area (TPSA) is 55.8 Å². The third kappa shape index (κ3) is 3.65. The van der Waals surface area contributed by atoms with E-state index in [9.17, 15) is 8.42 Å². The molecule has 2 rings (SSSR count). The van der Waals surface area contributed by atoms with Gasteiger partial charge in [0.1, 0.15) is 0 Å². The molecule has 5 nitrogen and oxygen atoms in total. The van der Waals surface area contributed by atoms with E-state index in [1.807, 2.05) is 19.1 Å². The summed E-state index contributed by atoms with van der Waals surface area (Å²) in [5.74, 6) is 1.12. The number of benzene rings is 2. The zero-order valence-electron chi connectivity index (χ0n) is 13.7. The molecule has 0 bridgehead atoms. The van der Waals surface area contributed by atoms with Crippen molar-refractivity contribution in [1.29, 1.82) is 0 Å². The Balaban J connectivity index is 2.31. The molecule has 0 heterocycles. The Morgan fingerprint density at radius 1 is 1.00 bits per heavy atom. The lowest BCUT2D eigenvalue weighted by atomic mass is 10.2. The van der Waals surface area contributed by atoms with Crippen LogP contribution in [0.25, 0.3) is 0 Å². The van der Waals surface area contributed by atoms with Gasteiger partial charge in [0, 0.05) is 19.2 Å². The molecule has 0 saturated heterocycles. The number of hydrogen-bond donors (Lipinski definition) is 0. The maximum Gasteiger partial charge on any atom is 0.243 e. The lowest BCUT2D eigenvalue weighted by molar-refractivity contribution is 0.347. The van der Waals surface area contributed by atoms with E-state index in [-0.39, 0.29) is 11.4 Å². The summed E-state index contributed by atoms with van der Waals surface area (Å²) >= 11 is 0. The summed E-state index contributed by atoms with van der Waals surface area (Å²) < 4.78 is 37.2. The highest BCUT2D eigenvalue weighted by atomic mass is 32.2. The summed E-state index contributed by atoms with van der Waals surface area (Å²) in [7, 11) is 1.08. The number of aryl methyl sites for hydroxylation is 1. The molecule has 0 radical (unpaired) electrons. The predicted molar refractivity (Wildman–Crippen MR) is 89.4 cm³/mol. The largest absolute Gasteiger partial charge is 0.493 e. The average Bonchev–Trinajstić information content (AvgIpc) is 2.54. The first-order chi connectivity index (χ1) is 10.9. The van der Waals surface area contributed by atoms with Crippen LogP contribution in [0.2, 0.25) is 0 Å². The predicted octanol–water partition coefficient (Wildman–Crippen LogP) is 2.83. The Hall–Kier alpha value is -2.05. The van der Waals surface area contributed by atoms with Gasteiger partial charge in [-0.2, -0.15) is 4.31 Å². The van der Waals surface area contributed by atoms with Crippen molar-refractivity contribution in [1.82, 2.24) is 4.31 Å². The van der Waals surface area contributed by atoms with Gasteiger partial charge in [-0.1, -0.05) is 29.8 Å². The molecule has 0 aliphatic heterocycles. The standard InChI is InChI=1S/C17H21NO4S/c1-13-8-10-15(11-9-13)23(19,20)18(2)12-14-6-5-7-16(21-3)17(14)22-4/h5-11H,12H2,1-4H3. The Morgan fingerprint density at radius 2 is 1.65 bits per heavy atom. The van der Waals surface area contributed by atoms with Gasteiger partial charge in [-0.25, -0.2) is 8.42 Å². The maximum absolute atomic E-state index is 12.7. The van der Waals surface area contributed by atoms with Crippen molar-refractivity contribution in [2.45, 2.75) is 18.4 Å². The molecule has 0 aromatic heterocycles. The first-order valence-corrected chi connectivity index (χ1v) is 8.57. The Morgan fingerprint density at radius 3 is 2.22 bits per heavy atom. The second-order valence-corrected chi connectivity index (χ2v) is 7.27. The van der Waals surface area contributed by atoms with E-state index in [1.54, 1.807) is 44.5 Å². The number of sulfonamides is 1. The molecule has 0 atom stereocenters. The van der Waals surface area contributed by atoms with Crippen molar-refractivity contribution in [2.24, 2.45) is 0 Å². The quantitative estimate of drug-likeness (QED) is 0.814. The fourth-order valence-corrected chi connectivity index (χ4v) is 3.44. The Bertz CT molecular complexity index is 770. The first-order valence-electron chi connectivity index (χ1n) is 7.13. The molecule has 0 amide bonds. The van der Waals surface area contributed by atoms with Crippen molar-refractivity contribution in [3.05, 3.63) is 53.6 Å². The van der Waals surface area contributed by atoms with Crippen LogP contribution in [-0.4, -0.2) is 34.0 Å². The van der Waals surface area contributed by atoms with Gasteiger partial charge in [0.15, 0.2) is 11.5 Å². The number of hydrogen-bond acceptors (Lipinski definition) is 4. The van der Waals surface area contributed by atoms with Crippen molar-refractivity contribution in [3.8, 4) is 11.5 Å². The molecule has 2 aromatic rings. The highest BCUT2D eigenvalue weighted by molar-refractivity contribution is 7.89. The van der Waals surface area contributed by atoms with Gasteiger partial charge in [0.05, 0.1) is 19.1 Å². The molecule has 0 saturated carbocycles. The van der Waals surface area contributed by atoms with E-state index < -0.39 is 10.0 Å². The zero-order valence-corrected chi connectivity index (χ0v) is 14.6. The molecule has 124 valence electrons. The summed E-state index contributed by atoms with van der Waals surface area (Å²) in [4.78, 5) is 0.271. The number of para-hydroxylation sites is 1. The summed E-state index contributed by atoms with van der Waals surface area (Å²) in [5, 5.41) is 0. The van der Waals surface area contributed by atoms with Crippen LogP contribution in [0.4, 0.5) is 0 Å². The zero-order chi connectivity index (χ0) is 17.0. The second kappa shape index (κ2) is 7.02. The van der Waals surface area contributed by atoms with Crippen molar-refractivity contribution in [3.63, 3.8) is 0 Å². The molecular formula is C17H21NO4S. The normalized spacial score (nSPS) is 11.5. The van der Waals surface area contributed by atoms with Gasteiger partial charge >= 0.3 is 0 Å². The van der Waals surface area contributed by atoms with E-state index in [1.165, 1.54) is 11.4 Å². The summed E-state index contributed by atoms with van der Waals surface area (Å²) in [6.45, 7) is 2.11. The number of methoxy groups -OCH3 is 2. The van der Waals surface area contributed by atoms with E-state index in [0.717, 1.165) is 11.1 Å². The highest BCUT2D eigenvalue weighted by Crippen LogP contribution is 2.32. The van der Waals surface area contributed by atoms with Gasteiger partial charge in [-0.05, 0) is 25.1 Å². The Kier molecular flexibility index (Phi) is 5.28. The van der Waals surface area contributed by atoms with Gasteiger partial charge in [-0.15, -0.1) is 0 Å². The van der Waals surface area contributed by atoms with Gasteiger partial charge < -0.3 is 9.47 Å². The fraction of sp³-hybridized carbons (Fsp3) is 0.294. The highest BCUT2D eigenvalue weighted by Gasteiger charge is 2.22. The average molecular weight is 335 g/mol. The number of ether oxygens (including phenoxy) is 2. The summed E-state index contributed by atoms with van der Waals surface area (Å²) in [5.41, 5.74) is 1.76. The van der Waals surface area contributed by atoms with Crippen LogP contribution in [0.5, 0.6) is 11.5 Å². The number of nitrogens with zero attached hydrogens (tertiary/aromatic N) is 1. The van der Waals surface area contributed by atoms with Crippen molar-refractivity contribution >= 4 is 10.0 Å². The minimum Gasteiger partial charge on any atom is -0.493 e. The molecular weight excluding hydrogens is 314 g/mol. The lowest BCUT2D eigenvalue weighted by Gasteiger charge is -2.19. The minimum atomic E-state index is -3.56. The van der Waals surface area contributed by atoms with Gasteiger partial charge in [0.2, 0.25) is 10.0 Å². The van der Waals surface area contributed by atoms with Crippen molar-refractivity contribution < 1.29 is 17.9 Å². The van der Waals surface area contributed by atoms with Gasteiger partial charge in [-0.3, -0.25) is 0 Å². The van der Waals surface area contributed by atoms with Crippen molar-refractivity contribution in [2.75, 3.05) is 21.3 Å². The van der Waals surface area contributed by atoms with Crippen LogP contribution in [0, 0.1) is 6.92 Å².